The zero-order chi connectivity index (χ0) is 23.8. The van der Waals surface area contributed by atoms with Crippen molar-refractivity contribution in [1.29, 1.82) is 0 Å². The number of nitrogens with zero attached hydrogens (tertiary/aromatic N) is 1. The first kappa shape index (κ1) is 23.4. The Balaban J connectivity index is 1.71. The molecule has 0 aliphatic carbocycles. The third-order valence-electron chi connectivity index (χ3n) is 6.22. The van der Waals surface area contributed by atoms with E-state index in [0.29, 0.717) is 29.8 Å². The normalized spacial score (nSPS) is 17.3. The van der Waals surface area contributed by atoms with Gasteiger partial charge in [-0.1, -0.05) is 18.2 Å². The summed E-state index contributed by atoms with van der Waals surface area (Å²) in [6.07, 6.45) is -0.270. The monoisotopic (exact) mass is 478 g/mol. The van der Waals surface area contributed by atoms with Crippen LogP contribution in [0.25, 0.3) is 10.9 Å². The molecule has 1 aromatic heterocycles. The van der Waals surface area contributed by atoms with Gasteiger partial charge in [-0.05, 0) is 43.4 Å². The van der Waals surface area contributed by atoms with Crippen LogP contribution in [0.1, 0.15) is 54.8 Å². The first-order valence-electron chi connectivity index (χ1n) is 10.7. The molecule has 33 heavy (non-hydrogen) atoms. The summed E-state index contributed by atoms with van der Waals surface area (Å²) in [4.78, 5) is 4.41. The van der Waals surface area contributed by atoms with E-state index in [9.17, 15) is 21.6 Å². The molecule has 1 atom stereocenters. The summed E-state index contributed by atoms with van der Waals surface area (Å²) < 4.78 is 70.2. The van der Waals surface area contributed by atoms with Crippen molar-refractivity contribution in [2.45, 2.75) is 38.2 Å². The standard InChI is InChI=1S/C24H25F3N2O3S/c1-14(16-4-3-5-17(23(16)25)24(26)27)29-20-6-9-28-21-13-22(32-2)18(12-19(20)21)15-7-10-33(30,31)11-8-15/h3-6,9,12-15,24H,7-8,10-11H2,1-2H3,(H,28,29)/t14-/m1/s1. The number of methoxy groups -OCH3 is 1. The first-order chi connectivity index (χ1) is 15.7. The second kappa shape index (κ2) is 9.21. The Bertz CT molecular complexity index is 1270. The van der Waals surface area contributed by atoms with Crippen LogP contribution in [0.4, 0.5) is 18.9 Å². The molecule has 0 bridgehead atoms. The fourth-order valence-electron chi connectivity index (χ4n) is 4.40. The minimum atomic E-state index is -3.01. The number of hydrogen-bond acceptors (Lipinski definition) is 5. The van der Waals surface area contributed by atoms with Crippen LogP contribution in [0.2, 0.25) is 0 Å². The molecule has 1 aliphatic heterocycles. The number of halogens is 3. The molecule has 1 N–H and O–H groups in total. The summed E-state index contributed by atoms with van der Waals surface area (Å²) in [6, 6.07) is 8.89. The number of benzene rings is 2. The maximum absolute atomic E-state index is 14.7. The SMILES string of the molecule is COc1cc2nccc(N[C@H](C)c3cccc(C(F)F)c3F)c2cc1C1CCS(=O)(=O)CC1. The van der Waals surface area contributed by atoms with Crippen molar-refractivity contribution in [3.05, 3.63) is 65.1 Å². The Hall–Kier alpha value is -2.81. The van der Waals surface area contributed by atoms with E-state index < -0.39 is 33.7 Å². The number of pyridine rings is 1. The van der Waals surface area contributed by atoms with Gasteiger partial charge in [0.2, 0.25) is 0 Å². The largest absolute Gasteiger partial charge is 0.496 e. The second-order valence-corrected chi connectivity index (χ2v) is 10.6. The summed E-state index contributed by atoms with van der Waals surface area (Å²) in [5.41, 5.74) is 1.73. The van der Waals surface area contributed by atoms with Crippen LogP contribution in [0.3, 0.4) is 0 Å². The van der Waals surface area contributed by atoms with E-state index in [-0.39, 0.29) is 23.0 Å². The minimum Gasteiger partial charge on any atom is -0.496 e. The van der Waals surface area contributed by atoms with Gasteiger partial charge in [-0.15, -0.1) is 0 Å². The second-order valence-electron chi connectivity index (χ2n) is 8.31. The van der Waals surface area contributed by atoms with Crippen LogP contribution in [-0.2, 0) is 9.84 Å². The van der Waals surface area contributed by atoms with Crippen molar-refractivity contribution in [1.82, 2.24) is 4.98 Å². The highest BCUT2D eigenvalue weighted by molar-refractivity contribution is 7.91. The van der Waals surface area contributed by atoms with Crippen molar-refractivity contribution in [3.8, 4) is 5.75 Å². The molecule has 1 aliphatic rings. The van der Waals surface area contributed by atoms with Crippen molar-refractivity contribution in [3.63, 3.8) is 0 Å². The molecule has 3 aromatic rings. The fraction of sp³-hybridized carbons (Fsp3) is 0.375. The number of aromatic nitrogens is 1. The van der Waals surface area contributed by atoms with E-state index in [1.54, 1.807) is 26.3 Å². The lowest BCUT2D eigenvalue weighted by Crippen LogP contribution is -2.22. The molecule has 0 radical (unpaired) electrons. The lowest BCUT2D eigenvalue weighted by atomic mass is 9.91. The fourth-order valence-corrected chi connectivity index (χ4v) is 5.89. The third kappa shape index (κ3) is 4.78. The Labute approximate surface area is 190 Å². The van der Waals surface area contributed by atoms with Gasteiger partial charge in [0.15, 0.2) is 0 Å². The number of sulfone groups is 1. The number of anilines is 1. The molecule has 0 saturated carbocycles. The molecule has 176 valence electrons. The number of nitrogens with one attached hydrogen (secondary N) is 1. The Morgan fingerprint density at radius 3 is 2.48 bits per heavy atom. The van der Waals surface area contributed by atoms with Crippen LogP contribution in [0.15, 0.2) is 42.6 Å². The minimum absolute atomic E-state index is 0.0264. The van der Waals surface area contributed by atoms with E-state index in [1.165, 1.54) is 12.1 Å². The number of hydrogen-bond donors (Lipinski definition) is 1. The average molecular weight is 479 g/mol. The maximum atomic E-state index is 14.7. The number of alkyl halides is 2. The maximum Gasteiger partial charge on any atom is 0.266 e. The van der Waals surface area contributed by atoms with Crippen LogP contribution < -0.4 is 10.1 Å². The molecule has 0 amide bonds. The van der Waals surface area contributed by atoms with Crippen molar-refractivity contribution < 1.29 is 26.3 Å². The van der Waals surface area contributed by atoms with E-state index >= 15 is 0 Å². The molecule has 9 heteroatoms. The van der Waals surface area contributed by atoms with Crippen LogP contribution >= 0.6 is 0 Å². The zero-order valence-corrected chi connectivity index (χ0v) is 19.1. The lowest BCUT2D eigenvalue weighted by molar-refractivity contribution is 0.146. The predicted octanol–water partition coefficient (Wildman–Crippen LogP) is 5.79. The van der Waals surface area contributed by atoms with Gasteiger partial charge < -0.3 is 10.1 Å². The Morgan fingerprint density at radius 2 is 1.82 bits per heavy atom. The molecule has 1 saturated heterocycles. The van der Waals surface area contributed by atoms with Crippen LogP contribution in [0.5, 0.6) is 5.75 Å². The van der Waals surface area contributed by atoms with Crippen molar-refractivity contribution >= 4 is 26.4 Å². The quantitative estimate of drug-likeness (QED) is 0.486. The molecule has 0 spiro atoms. The van der Waals surface area contributed by atoms with Crippen molar-refractivity contribution in [2.75, 3.05) is 23.9 Å². The smallest absolute Gasteiger partial charge is 0.266 e. The molecule has 4 rings (SSSR count). The van der Waals surface area contributed by atoms with Gasteiger partial charge in [0.25, 0.3) is 6.43 Å². The summed E-state index contributed by atoms with van der Waals surface area (Å²) in [6.45, 7) is 1.70. The van der Waals surface area contributed by atoms with E-state index in [4.69, 9.17) is 4.74 Å². The van der Waals surface area contributed by atoms with Gasteiger partial charge in [-0.3, -0.25) is 4.98 Å². The van der Waals surface area contributed by atoms with Gasteiger partial charge in [0, 0.05) is 28.9 Å². The summed E-state index contributed by atoms with van der Waals surface area (Å²) in [5, 5.41) is 3.99. The van der Waals surface area contributed by atoms with Gasteiger partial charge in [0.1, 0.15) is 21.4 Å². The van der Waals surface area contributed by atoms with Gasteiger partial charge in [-0.25, -0.2) is 21.6 Å². The molecule has 1 fully saturated rings. The van der Waals surface area contributed by atoms with Gasteiger partial charge >= 0.3 is 0 Å². The number of fused-ring (bicyclic) bond motifs is 1. The number of ether oxygens (including phenoxy) is 1. The van der Waals surface area contributed by atoms with E-state index in [1.807, 2.05) is 12.1 Å². The average Bonchev–Trinajstić information content (AvgIpc) is 2.78. The topological polar surface area (TPSA) is 68.3 Å². The van der Waals surface area contributed by atoms with Crippen molar-refractivity contribution in [2.24, 2.45) is 0 Å². The lowest BCUT2D eigenvalue weighted by Gasteiger charge is -2.25. The molecule has 2 heterocycles. The highest BCUT2D eigenvalue weighted by atomic mass is 32.2. The number of rotatable bonds is 6. The van der Waals surface area contributed by atoms with Gasteiger partial charge in [0.05, 0.1) is 35.7 Å². The highest BCUT2D eigenvalue weighted by Crippen LogP contribution is 2.39. The summed E-state index contributed by atoms with van der Waals surface area (Å²) in [5.74, 6) is 0.0111. The molecular weight excluding hydrogens is 453 g/mol. The van der Waals surface area contributed by atoms with Crippen LogP contribution in [0, 0.1) is 5.82 Å². The highest BCUT2D eigenvalue weighted by Gasteiger charge is 2.27. The summed E-state index contributed by atoms with van der Waals surface area (Å²) in [7, 11) is -1.45. The molecule has 2 aromatic carbocycles. The summed E-state index contributed by atoms with van der Waals surface area (Å²) >= 11 is 0. The molecule has 0 unspecified atom stereocenters. The zero-order valence-electron chi connectivity index (χ0n) is 18.3. The Kier molecular flexibility index (Phi) is 6.52. The predicted molar refractivity (Wildman–Crippen MR) is 122 cm³/mol. The Morgan fingerprint density at radius 1 is 1.12 bits per heavy atom. The van der Waals surface area contributed by atoms with E-state index in [0.717, 1.165) is 17.0 Å². The van der Waals surface area contributed by atoms with E-state index in [2.05, 4.69) is 10.3 Å². The first-order valence-corrected chi connectivity index (χ1v) is 12.5. The molecular formula is C24H25F3N2O3S. The van der Waals surface area contributed by atoms with Gasteiger partial charge in [-0.2, -0.15) is 0 Å². The molecule has 5 nitrogen and oxygen atoms in total. The van der Waals surface area contributed by atoms with Crippen LogP contribution in [-0.4, -0.2) is 32.0 Å². The third-order valence-corrected chi connectivity index (χ3v) is 7.93.